The van der Waals surface area contributed by atoms with Crippen LogP contribution in [0.25, 0.3) is 0 Å². The summed E-state index contributed by atoms with van der Waals surface area (Å²) < 4.78 is 6.46. The molecular formula is C23H30O3. The summed E-state index contributed by atoms with van der Waals surface area (Å²) in [5, 5.41) is 10.1. The zero-order chi connectivity index (χ0) is 17.7. The molecule has 1 N–H and O–H groups in total. The number of ketones is 1. The highest BCUT2D eigenvalue weighted by atomic mass is 16.5. The fraction of sp³-hybridized carbons (Fsp3) is 0.783. The van der Waals surface area contributed by atoms with Gasteiger partial charge in [0.05, 0.1) is 12.2 Å². The van der Waals surface area contributed by atoms with Crippen LogP contribution in [0, 0.1) is 46.8 Å². The van der Waals surface area contributed by atoms with Crippen molar-refractivity contribution in [1.29, 1.82) is 0 Å². The Balaban J connectivity index is 1.40. The smallest absolute Gasteiger partial charge is 0.155 e. The molecule has 0 aromatic rings. The molecule has 6 aliphatic rings. The number of aliphatic hydroxyl groups excluding tert-OH is 1. The Bertz CT molecular complexity index is 723. The second kappa shape index (κ2) is 5.11. The maximum Gasteiger partial charge on any atom is 0.155 e. The lowest BCUT2D eigenvalue weighted by atomic mass is 9.48. The van der Waals surface area contributed by atoms with Gasteiger partial charge in [-0.1, -0.05) is 24.6 Å². The van der Waals surface area contributed by atoms with E-state index in [1.165, 1.54) is 24.8 Å². The third-order valence-corrected chi connectivity index (χ3v) is 9.50. The van der Waals surface area contributed by atoms with E-state index in [2.05, 4.69) is 19.1 Å². The third-order valence-electron chi connectivity index (χ3n) is 9.50. The van der Waals surface area contributed by atoms with Crippen LogP contribution in [-0.2, 0) is 9.53 Å². The van der Waals surface area contributed by atoms with Gasteiger partial charge in [-0.15, -0.1) is 0 Å². The summed E-state index contributed by atoms with van der Waals surface area (Å²) in [7, 11) is 0. The van der Waals surface area contributed by atoms with Gasteiger partial charge in [0.25, 0.3) is 0 Å². The fourth-order valence-corrected chi connectivity index (χ4v) is 8.58. The highest BCUT2D eigenvalue weighted by Gasteiger charge is 2.76. The van der Waals surface area contributed by atoms with Gasteiger partial charge in [-0.25, -0.2) is 0 Å². The first kappa shape index (κ1) is 16.1. The van der Waals surface area contributed by atoms with Gasteiger partial charge in [0.2, 0.25) is 0 Å². The van der Waals surface area contributed by atoms with Crippen molar-refractivity contribution in [2.45, 2.75) is 51.0 Å². The van der Waals surface area contributed by atoms with E-state index in [1.807, 2.05) is 6.08 Å². The van der Waals surface area contributed by atoms with Gasteiger partial charge in [-0.2, -0.15) is 0 Å². The Hall–Kier alpha value is -0.930. The van der Waals surface area contributed by atoms with Crippen LogP contribution in [0.3, 0.4) is 0 Å². The number of aliphatic hydroxyl groups is 1. The molecular weight excluding hydrogens is 324 g/mol. The van der Waals surface area contributed by atoms with Crippen LogP contribution in [0.1, 0.15) is 45.4 Å². The summed E-state index contributed by atoms with van der Waals surface area (Å²) in [6.45, 7) is 3.51. The second-order valence-electron chi connectivity index (χ2n) is 10.2. The molecule has 3 nitrogen and oxygen atoms in total. The van der Waals surface area contributed by atoms with Crippen molar-refractivity contribution in [2.75, 3.05) is 13.2 Å². The highest BCUT2D eigenvalue weighted by molar-refractivity contribution is 5.91. The minimum absolute atomic E-state index is 0.000657. The molecule has 140 valence electrons. The highest BCUT2D eigenvalue weighted by Crippen LogP contribution is 2.77. The molecule has 9 atom stereocenters. The van der Waals surface area contributed by atoms with Crippen molar-refractivity contribution >= 4 is 5.78 Å². The summed E-state index contributed by atoms with van der Waals surface area (Å²) in [5.74, 6) is 4.74. The van der Waals surface area contributed by atoms with Crippen LogP contribution >= 0.6 is 0 Å². The van der Waals surface area contributed by atoms with Crippen LogP contribution in [0.5, 0.6) is 0 Å². The quantitative estimate of drug-likeness (QED) is 0.733. The first-order chi connectivity index (χ1) is 12.6. The van der Waals surface area contributed by atoms with Gasteiger partial charge in [-0.3, -0.25) is 4.79 Å². The maximum absolute atomic E-state index is 12.0. The van der Waals surface area contributed by atoms with Crippen molar-refractivity contribution in [1.82, 2.24) is 0 Å². The lowest BCUT2D eigenvalue weighted by Crippen LogP contribution is -2.55. The van der Waals surface area contributed by atoms with Gasteiger partial charge >= 0.3 is 0 Å². The molecule has 3 heteroatoms. The van der Waals surface area contributed by atoms with E-state index in [9.17, 15) is 9.90 Å². The molecule has 6 unspecified atom stereocenters. The molecule has 0 aromatic carbocycles. The monoisotopic (exact) mass is 354 g/mol. The number of rotatable bonds is 1. The first-order valence-electron chi connectivity index (χ1n) is 10.8. The largest absolute Gasteiger partial charge is 0.396 e. The van der Waals surface area contributed by atoms with Crippen LogP contribution < -0.4 is 0 Å². The van der Waals surface area contributed by atoms with E-state index < -0.39 is 0 Å². The van der Waals surface area contributed by atoms with Gasteiger partial charge in [0.1, 0.15) is 0 Å². The maximum atomic E-state index is 12.0. The van der Waals surface area contributed by atoms with Gasteiger partial charge in [0.15, 0.2) is 5.78 Å². The molecule has 0 radical (unpaired) electrons. The van der Waals surface area contributed by atoms with Gasteiger partial charge < -0.3 is 9.84 Å². The normalized spacial score (nSPS) is 56.6. The molecule has 4 saturated carbocycles. The zero-order valence-electron chi connectivity index (χ0n) is 15.7. The van der Waals surface area contributed by atoms with Crippen LogP contribution in [0.4, 0.5) is 0 Å². The van der Waals surface area contributed by atoms with E-state index in [0.29, 0.717) is 18.3 Å². The van der Waals surface area contributed by atoms with Crippen molar-refractivity contribution in [3.8, 4) is 0 Å². The van der Waals surface area contributed by atoms with E-state index >= 15 is 0 Å². The number of hydrogen-bond acceptors (Lipinski definition) is 3. The molecule has 26 heavy (non-hydrogen) atoms. The molecule has 1 aliphatic heterocycles. The van der Waals surface area contributed by atoms with Crippen molar-refractivity contribution in [3.63, 3.8) is 0 Å². The van der Waals surface area contributed by atoms with Gasteiger partial charge in [-0.05, 0) is 73.7 Å². The number of fused-ring (bicyclic) bond motifs is 9. The van der Waals surface area contributed by atoms with Crippen LogP contribution in [-0.4, -0.2) is 29.7 Å². The summed E-state index contributed by atoms with van der Waals surface area (Å²) in [6, 6.07) is 0. The Morgan fingerprint density at radius 1 is 1.23 bits per heavy atom. The lowest BCUT2D eigenvalue weighted by molar-refractivity contribution is -0.135. The molecule has 4 fully saturated rings. The molecule has 6 rings (SSSR count). The summed E-state index contributed by atoms with van der Waals surface area (Å²) >= 11 is 0. The number of carbonyl (C=O) groups excluding carboxylic acids is 1. The Kier molecular flexibility index (Phi) is 3.16. The van der Waals surface area contributed by atoms with E-state index in [0.717, 1.165) is 43.1 Å². The molecule has 0 aromatic heterocycles. The minimum atomic E-state index is 0.000657. The summed E-state index contributed by atoms with van der Waals surface area (Å²) in [4.78, 5) is 12.0. The molecule has 1 spiro atoms. The van der Waals surface area contributed by atoms with Crippen molar-refractivity contribution in [3.05, 3.63) is 23.8 Å². The average Bonchev–Trinajstić information content (AvgIpc) is 3.19. The molecule has 0 amide bonds. The number of carbonyl (C=O) groups is 1. The fourth-order valence-electron chi connectivity index (χ4n) is 8.58. The van der Waals surface area contributed by atoms with E-state index in [-0.39, 0.29) is 29.3 Å². The SMILES string of the molecule is C[C@]12CCC3C(CC(CO)C4=CC(=O)CC[C@@H]43)C1C1CC1[C@@]21C=CCO1. The standard InChI is InChI=1S/C23H30O3/c1-22-7-5-16-15-4-3-14(25)10-17(15)13(12-24)9-18(16)21(22)19-11-20(19)23(22)6-2-8-26-23/h2,6,10,13,15-16,18-21,24H,3-5,7-9,11-12H2,1H3/t13?,15-,16?,18?,19?,20?,21?,22+,23+/m1/s1. The molecule has 0 saturated heterocycles. The number of ether oxygens (including phenoxy) is 1. The summed E-state index contributed by atoms with van der Waals surface area (Å²) in [6.07, 6.45) is 13.3. The van der Waals surface area contributed by atoms with Crippen LogP contribution in [0.15, 0.2) is 23.8 Å². The Labute approximate surface area is 155 Å². The molecule has 5 aliphatic carbocycles. The Morgan fingerprint density at radius 3 is 2.88 bits per heavy atom. The predicted molar refractivity (Wildman–Crippen MR) is 98.2 cm³/mol. The van der Waals surface area contributed by atoms with Crippen molar-refractivity contribution < 1.29 is 14.6 Å². The Morgan fingerprint density at radius 2 is 2.12 bits per heavy atom. The number of hydrogen-bond donors (Lipinski definition) is 1. The lowest BCUT2D eigenvalue weighted by Gasteiger charge is -2.58. The topological polar surface area (TPSA) is 46.5 Å². The predicted octanol–water partition coefficient (Wildman–Crippen LogP) is 3.53. The van der Waals surface area contributed by atoms with Crippen molar-refractivity contribution in [2.24, 2.45) is 46.8 Å². The molecule has 0 bridgehead atoms. The second-order valence-corrected chi connectivity index (χ2v) is 10.2. The van der Waals surface area contributed by atoms with E-state index in [1.54, 1.807) is 0 Å². The minimum Gasteiger partial charge on any atom is -0.396 e. The average molecular weight is 354 g/mol. The van der Waals surface area contributed by atoms with E-state index in [4.69, 9.17) is 4.74 Å². The first-order valence-corrected chi connectivity index (χ1v) is 10.8. The van der Waals surface area contributed by atoms with Crippen LogP contribution in [0.2, 0.25) is 0 Å². The summed E-state index contributed by atoms with van der Waals surface area (Å²) in [5.41, 5.74) is 1.56. The zero-order valence-corrected chi connectivity index (χ0v) is 15.7. The van der Waals surface area contributed by atoms with Gasteiger partial charge in [0, 0.05) is 24.4 Å². The third kappa shape index (κ3) is 1.75. The molecule has 1 heterocycles.